The van der Waals surface area contributed by atoms with Crippen LogP contribution in [0.3, 0.4) is 0 Å². The van der Waals surface area contributed by atoms with Crippen molar-refractivity contribution < 1.29 is 14.4 Å². The van der Waals surface area contributed by atoms with Crippen LogP contribution in [0.4, 0.5) is 11.4 Å². The third-order valence-corrected chi connectivity index (χ3v) is 10.3. The van der Waals surface area contributed by atoms with Crippen LogP contribution in [-0.4, -0.2) is 46.1 Å². The second-order valence-electron chi connectivity index (χ2n) is 11.9. The maximum atomic E-state index is 13.4. The van der Waals surface area contributed by atoms with Crippen LogP contribution in [0, 0.1) is 10.8 Å². The van der Waals surface area contributed by atoms with Crippen LogP contribution >= 0.6 is 23.2 Å². The molecule has 2 fully saturated rings. The van der Waals surface area contributed by atoms with E-state index in [-0.39, 0.29) is 11.3 Å². The number of amides is 2. The quantitative estimate of drug-likeness (QED) is 0.292. The molecule has 2 heterocycles. The molecule has 2 bridgehead atoms. The van der Waals surface area contributed by atoms with Crippen molar-refractivity contribution in [2.45, 2.75) is 51.5 Å². The maximum absolute atomic E-state index is 13.4. The van der Waals surface area contributed by atoms with Gasteiger partial charge in [-0.3, -0.25) is 14.5 Å². The highest BCUT2D eigenvalue weighted by atomic mass is 35.5. The highest BCUT2D eigenvalue weighted by Gasteiger charge is 2.53. The first-order valence-electron chi connectivity index (χ1n) is 14.1. The minimum atomic E-state index is -0.337. The van der Waals surface area contributed by atoms with Gasteiger partial charge in [-0.1, -0.05) is 47.5 Å². The van der Waals surface area contributed by atoms with Crippen LogP contribution in [0.25, 0.3) is 11.1 Å². The van der Waals surface area contributed by atoms with Crippen LogP contribution in [0.15, 0.2) is 36.4 Å². The Hall–Kier alpha value is -3.20. The molecule has 10 heteroatoms. The molecule has 0 saturated heterocycles. The molecule has 2 aliphatic carbocycles. The lowest BCUT2D eigenvalue weighted by Gasteiger charge is -2.32. The number of benzene rings is 2. The van der Waals surface area contributed by atoms with Gasteiger partial charge in [0, 0.05) is 48.8 Å². The predicted molar refractivity (Wildman–Crippen MR) is 160 cm³/mol. The monoisotopic (exact) mass is 593 g/mol. The molecule has 0 spiro atoms. The molecule has 41 heavy (non-hydrogen) atoms. The van der Waals surface area contributed by atoms with Crippen LogP contribution in [-0.2, 0) is 29.6 Å². The number of carbonyl (C=O) groups is 3. The predicted octanol–water partition coefficient (Wildman–Crippen LogP) is 6.11. The number of hydrogen-bond donors (Lipinski definition) is 2. The molecule has 0 radical (unpaired) electrons. The van der Waals surface area contributed by atoms with Crippen molar-refractivity contribution in [3.8, 4) is 11.1 Å². The largest absolute Gasteiger partial charge is 0.327 e. The lowest BCUT2D eigenvalue weighted by Crippen LogP contribution is -2.34. The van der Waals surface area contributed by atoms with Crippen molar-refractivity contribution >= 4 is 53.2 Å². The maximum Gasteiger partial charge on any atom is 0.291 e. The number of carbonyl (C=O) groups excluding carboxylic acids is 3. The van der Waals surface area contributed by atoms with Crippen molar-refractivity contribution in [2.75, 3.05) is 23.7 Å². The topological polar surface area (TPSA) is 96.3 Å². The van der Waals surface area contributed by atoms with Gasteiger partial charge in [0.15, 0.2) is 5.82 Å². The van der Waals surface area contributed by atoms with E-state index in [0.29, 0.717) is 56.7 Å². The summed E-state index contributed by atoms with van der Waals surface area (Å²) in [5, 5.41) is 6.22. The van der Waals surface area contributed by atoms with Crippen LogP contribution in [0.1, 0.15) is 60.5 Å². The second-order valence-corrected chi connectivity index (χ2v) is 12.6. The summed E-state index contributed by atoms with van der Waals surface area (Å²) in [4.78, 5) is 43.2. The summed E-state index contributed by atoms with van der Waals surface area (Å²) in [5.74, 6) is 0.00505. The molecule has 2 saturated carbocycles. The zero-order valence-corrected chi connectivity index (χ0v) is 24.5. The Labute approximate surface area is 249 Å². The van der Waals surface area contributed by atoms with Gasteiger partial charge in [-0.2, -0.15) is 0 Å². The van der Waals surface area contributed by atoms with Gasteiger partial charge in [0.05, 0.1) is 27.1 Å². The summed E-state index contributed by atoms with van der Waals surface area (Å²) < 4.78 is 1.89. The first-order valence-corrected chi connectivity index (χ1v) is 14.8. The number of imidazole rings is 1. The highest BCUT2D eigenvalue weighted by molar-refractivity contribution is 6.39. The average molecular weight is 595 g/mol. The number of nitrogens with zero attached hydrogens (tertiary/aromatic N) is 3. The molecule has 2 N–H and O–H groups in total. The van der Waals surface area contributed by atoms with Gasteiger partial charge in [0.1, 0.15) is 6.29 Å². The van der Waals surface area contributed by atoms with Crippen molar-refractivity contribution in [2.24, 2.45) is 17.9 Å². The lowest BCUT2D eigenvalue weighted by atomic mass is 9.80. The molecule has 1 aromatic heterocycles. The van der Waals surface area contributed by atoms with Crippen LogP contribution in [0.5, 0.6) is 0 Å². The molecule has 0 unspecified atom stereocenters. The normalized spacial score (nSPS) is 23.3. The first-order chi connectivity index (χ1) is 19.8. The minimum Gasteiger partial charge on any atom is -0.327 e. The van der Waals surface area contributed by atoms with E-state index in [2.05, 4.69) is 15.5 Å². The molecule has 2 amide bonds. The summed E-state index contributed by atoms with van der Waals surface area (Å²) in [7, 11) is 1.88. The van der Waals surface area contributed by atoms with Crippen molar-refractivity contribution in [3.63, 3.8) is 0 Å². The van der Waals surface area contributed by atoms with Gasteiger partial charge in [-0.05, 0) is 62.6 Å². The molecule has 3 aromatic rings. The summed E-state index contributed by atoms with van der Waals surface area (Å²) in [5.41, 5.74) is 4.47. The minimum absolute atomic E-state index is 0.0510. The Bertz CT molecular complexity index is 1530. The Morgan fingerprint density at radius 1 is 1.02 bits per heavy atom. The average Bonchev–Trinajstić information content (AvgIpc) is 3.65. The van der Waals surface area contributed by atoms with Crippen molar-refractivity contribution in [1.82, 2.24) is 14.5 Å². The standard InChI is InChI=1S/C31H33Cl2N5O3/c1-37-25-8-14-38(15-13-30-9-11-31(17-30,18-39)12-10-30)16-24(25)35-28(37)29(41)36-23-7-3-5-21(27(23)33)20-4-2-6-22(26(20)32)34-19-40/h2-7,18-19H,8-17H2,1H3,(H,34,40)(H,36,41). The number of fused-ring (bicyclic) bond motifs is 3. The summed E-state index contributed by atoms with van der Waals surface area (Å²) in [6.07, 6.45) is 9.20. The van der Waals surface area contributed by atoms with Crippen molar-refractivity contribution in [1.29, 1.82) is 0 Å². The van der Waals surface area contributed by atoms with E-state index in [1.54, 1.807) is 30.3 Å². The second kappa shape index (κ2) is 10.9. The van der Waals surface area contributed by atoms with E-state index in [0.717, 1.165) is 69.4 Å². The Morgan fingerprint density at radius 3 is 2.37 bits per heavy atom. The number of anilines is 2. The number of nitrogens with one attached hydrogen (secondary N) is 2. The zero-order chi connectivity index (χ0) is 28.8. The molecule has 2 aromatic carbocycles. The molecular weight excluding hydrogens is 561 g/mol. The third kappa shape index (κ3) is 5.07. The molecule has 8 nitrogen and oxygen atoms in total. The van der Waals surface area contributed by atoms with Gasteiger partial charge in [0.25, 0.3) is 5.91 Å². The van der Waals surface area contributed by atoms with Crippen molar-refractivity contribution in [3.05, 3.63) is 63.7 Å². The van der Waals surface area contributed by atoms with E-state index >= 15 is 0 Å². The van der Waals surface area contributed by atoms with Crippen LogP contribution < -0.4 is 10.6 Å². The van der Waals surface area contributed by atoms with Gasteiger partial charge >= 0.3 is 0 Å². The fourth-order valence-electron chi connectivity index (χ4n) is 7.18. The number of rotatable bonds is 9. The summed E-state index contributed by atoms with van der Waals surface area (Å²) >= 11 is 13.3. The molecular formula is C31H33Cl2N5O3. The fourth-order valence-corrected chi connectivity index (χ4v) is 7.74. The van der Waals surface area contributed by atoms with Gasteiger partial charge in [-0.15, -0.1) is 0 Å². The Kier molecular flexibility index (Phi) is 7.42. The van der Waals surface area contributed by atoms with E-state index in [1.165, 1.54) is 6.29 Å². The Morgan fingerprint density at radius 2 is 1.71 bits per heavy atom. The van der Waals surface area contributed by atoms with Gasteiger partial charge in [0.2, 0.25) is 6.41 Å². The van der Waals surface area contributed by atoms with E-state index in [4.69, 9.17) is 28.2 Å². The first kappa shape index (κ1) is 27.9. The molecule has 0 atom stereocenters. The smallest absolute Gasteiger partial charge is 0.291 e. The van der Waals surface area contributed by atoms with E-state index in [9.17, 15) is 14.4 Å². The van der Waals surface area contributed by atoms with Gasteiger partial charge in [-0.25, -0.2) is 4.98 Å². The highest BCUT2D eigenvalue weighted by Crippen LogP contribution is 2.62. The third-order valence-electron chi connectivity index (χ3n) is 9.53. The number of hydrogen-bond acceptors (Lipinski definition) is 5. The number of halogens is 2. The molecule has 1 aliphatic heterocycles. The summed E-state index contributed by atoms with van der Waals surface area (Å²) in [6.45, 7) is 2.63. The summed E-state index contributed by atoms with van der Waals surface area (Å²) in [6, 6.07) is 10.6. The molecule has 3 aliphatic rings. The number of aromatic nitrogens is 2. The SMILES string of the molecule is Cn1c(C(=O)Nc2cccc(-c3cccc(NC=O)c3Cl)c2Cl)nc2c1CCN(CCC13CCC(C=O)(CC1)C3)C2. The van der Waals surface area contributed by atoms with Crippen LogP contribution in [0.2, 0.25) is 10.0 Å². The fraction of sp³-hybridized carbons (Fsp3) is 0.419. The molecule has 214 valence electrons. The lowest BCUT2D eigenvalue weighted by molar-refractivity contribution is -0.115. The Balaban J connectivity index is 1.15. The number of aldehydes is 1. The zero-order valence-electron chi connectivity index (χ0n) is 23.0. The molecule has 6 rings (SSSR count). The van der Waals surface area contributed by atoms with E-state index in [1.807, 2.05) is 17.7 Å². The van der Waals surface area contributed by atoms with Gasteiger partial charge < -0.3 is 20.0 Å². The van der Waals surface area contributed by atoms with E-state index < -0.39 is 0 Å².